The molecule has 1 rings (SSSR count). The van der Waals surface area contributed by atoms with Crippen molar-refractivity contribution in [1.82, 2.24) is 10.2 Å². The Morgan fingerprint density at radius 3 is 2.47 bits per heavy atom. The summed E-state index contributed by atoms with van der Waals surface area (Å²) in [5, 5.41) is 3.62. The third-order valence-corrected chi connectivity index (χ3v) is 3.57. The molecule has 0 radical (unpaired) electrons. The van der Waals surface area contributed by atoms with Crippen LogP contribution < -0.4 is 5.32 Å². The summed E-state index contributed by atoms with van der Waals surface area (Å²) in [6.07, 6.45) is 4.19. The first-order chi connectivity index (χ1) is 7.17. The predicted octanol–water partition coefficient (Wildman–Crippen LogP) is 2.35. The molecule has 2 unspecified atom stereocenters. The number of nitrogens with zero attached hydrogens (tertiary/aromatic N) is 1. The molecule has 0 heterocycles. The second-order valence-electron chi connectivity index (χ2n) is 5.21. The Morgan fingerprint density at radius 2 is 2.00 bits per heavy atom. The molecule has 0 aliphatic heterocycles. The molecule has 1 fully saturated rings. The zero-order valence-electron chi connectivity index (χ0n) is 10.9. The summed E-state index contributed by atoms with van der Waals surface area (Å²) in [5.41, 5.74) is 0. The van der Waals surface area contributed by atoms with Gasteiger partial charge in [-0.3, -0.25) is 0 Å². The Hall–Kier alpha value is -0.0800. The van der Waals surface area contributed by atoms with Gasteiger partial charge >= 0.3 is 0 Å². The van der Waals surface area contributed by atoms with Crippen LogP contribution in [0.2, 0.25) is 0 Å². The van der Waals surface area contributed by atoms with Gasteiger partial charge in [-0.1, -0.05) is 27.2 Å². The van der Waals surface area contributed by atoms with Crippen LogP contribution in [0.1, 0.15) is 40.0 Å². The molecule has 2 heteroatoms. The van der Waals surface area contributed by atoms with E-state index in [0.29, 0.717) is 6.04 Å². The minimum atomic E-state index is 0.670. The van der Waals surface area contributed by atoms with Gasteiger partial charge in [0, 0.05) is 19.1 Å². The van der Waals surface area contributed by atoms with E-state index in [1.807, 2.05) is 0 Å². The average molecular weight is 212 g/mol. The van der Waals surface area contributed by atoms with E-state index in [4.69, 9.17) is 0 Å². The maximum atomic E-state index is 3.62. The number of likely N-dealkylation sites (N-methyl/N-ethyl adjacent to an activating group) is 2. The highest BCUT2D eigenvalue weighted by molar-refractivity contribution is 4.80. The first kappa shape index (κ1) is 13.0. The lowest BCUT2D eigenvalue weighted by Gasteiger charge is -2.28. The van der Waals surface area contributed by atoms with Crippen molar-refractivity contribution in [2.24, 2.45) is 11.8 Å². The molecule has 15 heavy (non-hydrogen) atoms. The van der Waals surface area contributed by atoms with Gasteiger partial charge in [0.1, 0.15) is 0 Å². The molecular formula is C13H28N2. The standard InChI is InChI=1S/C13H28N2/c1-5-11(3)13(14-6-2)10-15(4)9-12-7-8-12/h11-14H,5-10H2,1-4H3. The van der Waals surface area contributed by atoms with Crippen molar-refractivity contribution in [1.29, 1.82) is 0 Å². The zero-order chi connectivity index (χ0) is 11.3. The fourth-order valence-electron chi connectivity index (χ4n) is 2.14. The van der Waals surface area contributed by atoms with Crippen molar-refractivity contribution >= 4 is 0 Å². The Balaban J connectivity index is 2.27. The molecule has 0 amide bonds. The van der Waals surface area contributed by atoms with Crippen LogP contribution in [0.15, 0.2) is 0 Å². The van der Waals surface area contributed by atoms with Crippen LogP contribution in [0.3, 0.4) is 0 Å². The molecule has 2 atom stereocenters. The van der Waals surface area contributed by atoms with Gasteiger partial charge in [-0.05, 0) is 38.3 Å². The summed E-state index contributed by atoms with van der Waals surface area (Å²) < 4.78 is 0. The minimum absolute atomic E-state index is 0.670. The van der Waals surface area contributed by atoms with Gasteiger partial charge in [0.25, 0.3) is 0 Å². The highest BCUT2D eigenvalue weighted by Crippen LogP contribution is 2.29. The highest BCUT2D eigenvalue weighted by Gasteiger charge is 2.24. The van der Waals surface area contributed by atoms with Crippen LogP contribution in [-0.4, -0.2) is 37.6 Å². The van der Waals surface area contributed by atoms with Gasteiger partial charge in [-0.25, -0.2) is 0 Å². The van der Waals surface area contributed by atoms with E-state index >= 15 is 0 Å². The fourth-order valence-corrected chi connectivity index (χ4v) is 2.14. The van der Waals surface area contributed by atoms with Crippen LogP contribution in [0.25, 0.3) is 0 Å². The van der Waals surface area contributed by atoms with Crippen LogP contribution in [0.5, 0.6) is 0 Å². The first-order valence-corrected chi connectivity index (χ1v) is 6.59. The van der Waals surface area contributed by atoms with Crippen LogP contribution in [0, 0.1) is 11.8 Å². The monoisotopic (exact) mass is 212 g/mol. The van der Waals surface area contributed by atoms with Gasteiger partial charge in [0.2, 0.25) is 0 Å². The average Bonchev–Trinajstić information content (AvgIpc) is 2.99. The minimum Gasteiger partial charge on any atom is -0.313 e. The second kappa shape index (κ2) is 6.49. The molecule has 0 aromatic carbocycles. The molecule has 90 valence electrons. The summed E-state index contributed by atoms with van der Waals surface area (Å²) in [4.78, 5) is 2.51. The van der Waals surface area contributed by atoms with Gasteiger partial charge in [0.15, 0.2) is 0 Å². The topological polar surface area (TPSA) is 15.3 Å². The van der Waals surface area contributed by atoms with Gasteiger partial charge in [-0.15, -0.1) is 0 Å². The predicted molar refractivity (Wildman–Crippen MR) is 67.1 cm³/mol. The van der Waals surface area contributed by atoms with E-state index in [1.165, 1.54) is 32.4 Å². The van der Waals surface area contributed by atoms with E-state index in [-0.39, 0.29) is 0 Å². The molecule has 2 nitrogen and oxygen atoms in total. The third kappa shape index (κ3) is 4.98. The zero-order valence-corrected chi connectivity index (χ0v) is 10.9. The van der Waals surface area contributed by atoms with E-state index in [1.54, 1.807) is 0 Å². The van der Waals surface area contributed by atoms with Crippen molar-refractivity contribution in [3.63, 3.8) is 0 Å². The molecule has 1 saturated carbocycles. The molecule has 1 aliphatic carbocycles. The Kier molecular flexibility index (Phi) is 5.62. The maximum Gasteiger partial charge on any atom is 0.0220 e. The first-order valence-electron chi connectivity index (χ1n) is 6.59. The number of hydrogen-bond acceptors (Lipinski definition) is 2. The molecular weight excluding hydrogens is 184 g/mol. The SMILES string of the molecule is CCNC(CN(C)CC1CC1)C(C)CC. The van der Waals surface area contributed by atoms with Gasteiger partial charge in [-0.2, -0.15) is 0 Å². The smallest absolute Gasteiger partial charge is 0.0220 e. The van der Waals surface area contributed by atoms with Crippen LogP contribution in [0.4, 0.5) is 0 Å². The number of nitrogens with one attached hydrogen (secondary N) is 1. The Morgan fingerprint density at radius 1 is 1.33 bits per heavy atom. The fraction of sp³-hybridized carbons (Fsp3) is 1.00. The van der Waals surface area contributed by atoms with Crippen LogP contribution in [-0.2, 0) is 0 Å². The lowest BCUT2D eigenvalue weighted by Crippen LogP contribution is -2.44. The molecule has 1 aliphatic rings. The van der Waals surface area contributed by atoms with Crippen LogP contribution >= 0.6 is 0 Å². The van der Waals surface area contributed by atoms with Crippen molar-refractivity contribution in [3.8, 4) is 0 Å². The summed E-state index contributed by atoms with van der Waals surface area (Å²) in [7, 11) is 2.27. The molecule has 0 saturated heterocycles. The van der Waals surface area contributed by atoms with Gasteiger partial charge < -0.3 is 10.2 Å². The molecule has 0 spiro atoms. The molecule has 0 aromatic rings. The summed E-state index contributed by atoms with van der Waals surface area (Å²) >= 11 is 0. The van der Waals surface area contributed by atoms with E-state index < -0.39 is 0 Å². The Labute approximate surface area is 95.4 Å². The van der Waals surface area contributed by atoms with Crippen molar-refractivity contribution in [3.05, 3.63) is 0 Å². The summed E-state index contributed by atoms with van der Waals surface area (Å²) in [5.74, 6) is 1.79. The normalized spacial score (nSPS) is 20.6. The molecule has 1 N–H and O–H groups in total. The molecule has 0 aromatic heterocycles. The largest absolute Gasteiger partial charge is 0.313 e. The number of rotatable bonds is 8. The van der Waals surface area contributed by atoms with Gasteiger partial charge in [0.05, 0.1) is 0 Å². The molecule has 0 bridgehead atoms. The van der Waals surface area contributed by atoms with Crippen molar-refractivity contribution in [2.75, 3.05) is 26.7 Å². The maximum absolute atomic E-state index is 3.62. The summed E-state index contributed by atoms with van der Waals surface area (Å²) in [6, 6.07) is 0.670. The number of hydrogen-bond donors (Lipinski definition) is 1. The highest BCUT2D eigenvalue weighted by atomic mass is 15.1. The summed E-state index contributed by atoms with van der Waals surface area (Å²) in [6.45, 7) is 10.5. The lowest BCUT2D eigenvalue weighted by atomic mass is 9.98. The van der Waals surface area contributed by atoms with E-state index in [9.17, 15) is 0 Å². The third-order valence-electron chi connectivity index (χ3n) is 3.57. The van der Waals surface area contributed by atoms with E-state index in [2.05, 4.69) is 38.0 Å². The van der Waals surface area contributed by atoms with Crippen molar-refractivity contribution in [2.45, 2.75) is 46.1 Å². The lowest BCUT2D eigenvalue weighted by molar-refractivity contribution is 0.239. The van der Waals surface area contributed by atoms with E-state index in [0.717, 1.165) is 18.4 Å². The second-order valence-corrected chi connectivity index (χ2v) is 5.21. The quantitative estimate of drug-likeness (QED) is 0.664. The van der Waals surface area contributed by atoms with Crippen molar-refractivity contribution < 1.29 is 0 Å². The Bertz CT molecular complexity index is 166.